The standard InChI is InChI=1S/C32H32O3/c1-5-13-26(14-6-1)24-33-30(23-31-25-34-31)21-22-35-32(27-15-7-2-8-16-27,28-17-9-3-10-18-28)29-19-11-4-12-20-29/h1-20,30-31H,21-25H2/t30-,31-/m0/s1. The third kappa shape index (κ3) is 5.88. The molecule has 0 bridgehead atoms. The Bertz CT molecular complexity index is 1050. The molecule has 4 aromatic rings. The van der Waals surface area contributed by atoms with Gasteiger partial charge in [-0.15, -0.1) is 0 Å². The summed E-state index contributed by atoms with van der Waals surface area (Å²) in [6.45, 7) is 1.98. The Morgan fingerprint density at radius 2 is 1.14 bits per heavy atom. The van der Waals surface area contributed by atoms with Crippen LogP contribution in [0.2, 0.25) is 0 Å². The van der Waals surface area contributed by atoms with E-state index in [-0.39, 0.29) is 6.10 Å². The molecule has 1 saturated heterocycles. The second-order valence-corrected chi connectivity index (χ2v) is 9.03. The summed E-state index contributed by atoms with van der Waals surface area (Å²) in [7, 11) is 0. The zero-order chi connectivity index (χ0) is 23.8. The van der Waals surface area contributed by atoms with Crippen molar-refractivity contribution in [1.82, 2.24) is 0 Å². The van der Waals surface area contributed by atoms with E-state index in [1.54, 1.807) is 0 Å². The summed E-state index contributed by atoms with van der Waals surface area (Å²) in [5.41, 5.74) is 3.82. The van der Waals surface area contributed by atoms with Crippen molar-refractivity contribution in [1.29, 1.82) is 0 Å². The van der Waals surface area contributed by atoms with Crippen molar-refractivity contribution >= 4 is 0 Å². The minimum atomic E-state index is -0.705. The minimum absolute atomic E-state index is 0.0720. The highest BCUT2D eigenvalue weighted by molar-refractivity contribution is 5.47. The van der Waals surface area contributed by atoms with Gasteiger partial charge in [0.15, 0.2) is 0 Å². The molecule has 1 fully saturated rings. The zero-order valence-corrected chi connectivity index (χ0v) is 20.0. The first-order chi connectivity index (χ1) is 17.3. The summed E-state index contributed by atoms with van der Waals surface area (Å²) >= 11 is 0. The van der Waals surface area contributed by atoms with Crippen molar-refractivity contribution in [3.63, 3.8) is 0 Å². The molecule has 0 saturated carbocycles. The van der Waals surface area contributed by atoms with E-state index in [9.17, 15) is 0 Å². The maximum atomic E-state index is 6.95. The summed E-state index contributed by atoms with van der Waals surface area (Å²) in [6, 6.07) is 41.9. The average molecular weight is 465 g/mol. The quantitative estimate of drug-likeness (QED) is 0.171. The molecule has 0 aliphatic carbocycles. The van der Waals surface area contributed by atoms with Crippen molar-refractivity contribution in [2.75, 3.05) is 13.2 Å². The maximum absolute atomic E-state index is 6.95. The maximum Gasteiger partial charge on any atom is 0.143 e. The molecular weight excluding hydrogens is 432 g/mol. The van der Waals surface area contributed by atoms with Gasteiger partial charge in [0.25, 0.3) is 0 Å². The van der Waals surface area contributed by atoms with E-state index in [1.807, 2.05) is 24.3 Å². The molecule has 1 aliphatic heterocycles. The van der Waals surface area contributed by atoms with E-state index in [0.29, 0.717) is 19.3 Å². The molecule has 3 nitrogen and oxygen atoms in total. The van der Waals surface area contributed by atoms with Gasteiger partial charge in [-0.05, 0) is 28.7 Å². The SMILES string of the molecule is c1ccc(CO[C@@H](CCOC(c2ccccc2)(c2ccccc2)c2ccccc2)C[C@H]2CO2)cc1. The molecule has 5 rings (SSSR count). The third-order valence-corrected chi connectivity index (χ3v) is 6.56. The summed E-state index contributed by atoms with van der Waals surface area (Å²) in [4.78, 5) is 0. The highest BCUT2D eigenvalue weighted by atomic mass is 16.6. The van der Waals surface area contributed by atoms with Gasteiger partial charge in [-0.2, -0.15) is 0 Å². The molecule has 0 aromatic heterocycles. The van der Waals surface area contributed by atoms with Crippen molar-refractivity contribution in [2.24, 2.45) is 0 Å². The first-order valence-electron chi connectivity index (χ1n) is 12.4. The Balaban J connectivity index is 1.40. The van der Waals surface area contributed by atoms with Gasteiger partial charge in [0.2, 0.25) is 0 Å². The van der Waals surface area contributed by atoms with Crippen molar-refractivity contribution in [2.45, 2.75) is 37.3 Å². The fourth-order valence-electron chi connectivity index (χ4n) is 4.67. The number of hydrogen-bond donors (Lipinski definition) is 0. The topological polar surface area (TPSA) is 31.0 Å². The molecule has 0 spiro atoms. The molecule has 4 aromatic carbocycles. The molecule has 2 atom stereocenters. The molecule has 0 unspecified atom stereocenters. The lowest BCUT2D eigenvalue weighted by atomic mass is 9.80. The predicted molar refractivity (Wildman–Crippen MR) is 139 cm³/mol. The predicted octanol–water partition coefficient (Wildman–Crippen LogP) is 6.76. The van der Waals surface area contributed by atoms with Crippen LogP contribution in [0.5, 0.6) is 0 Å². The van der Waals surface area contributed by atoms with E-state index >= 15 is 0 Å². The van der Waals surface area contributed by atoms with Crippen LogP contribution in [-0.4, -0.2) is 25.4 Å². The Labute approximate surface area is 208 Å². The molecule has 35 heavy (non-hydrogen) atoms. The Hall–Kier alpha value is -3.24. The van der Waals surface area contributed by atoms with Gasteiger partial charge in [-0.25, -0.2) is 0 Å². The van der Waals surface area contributed by atoms with Crippen LogP contribution in [-0.2, 0) is 26.4 Å². The van der Waals surface area contributed by atoms with Crippen LogP contribution in [0.25, 0.3) is 0 Å². The monoisotopic (exact) mass is 464 g/mol. The van der Waals surface area contributed by atoms with Crippen LogP contribution < -0.4 is 0 Å². The number of benzene rings is 4. The summed E-state index contributed by atoms with van der Waals surface area (Å²) in [6.07, 6.45) is 2.06. The normalized spacial score (nSPS) is 16.1. The second kappa shape index (κ2) is 11.5. The molecular formula is C32H32O3. The van der Waals surface area contributed by atoms with E-state index in [4.69, 9.17) is 14.2 Å². The van der Waals surface area contributed by atoms with Gasteiger partial charge >= 0.3 is 0 Å². The van der Waals surface area contributed by atoms with E-state index in [0.717, 1.165) is 36.1 Å². The van der Waals surface area contributed by atoms with E-state index in [2.05, 4.69) is 97.1 Å². The van der Waals surface area contributed by atoms with Crippen molar-refractivity contribution in [3.8, 4) is 0 Å². The van der Waals surface area contributed by atoms with E-state index < -0.39 is 5.60 Å². The average Bonchev–Trinajstić information content (AvgIpc) is 3.76. The second-order valence-electron chi connectivity index (χ2n) is 9.03. The molecule has 0 amide bonds. The smallest absolute Gasteiger partial charge is 0.143 e. The number of rotatable bonds is 12. The van der Waals surface area contributed by atoms with Crippen LogP contribution in [0, 0.1) is 0 Å². The largest absolute Gasteiger partial charge is 0.373 e. The van der Waals surface area contributed by atoms with Gasteiger partial charge in [0.05, 0.1) is 32.0 Å². The minimum Gasteiger partial charge on any atom is -0.373 e. The molecule has 178 valence electrons. The molecule has 1 heterocycles. The Kier molecular flexibility index (Phi) is 7.69. The molecule has 1 aliphatic rings. The molecule has 0 radical (unpaired) electrons. The van der Waals surface area contributed by atoms with Gasteiger partial charge in [0.1, 0.15) is 5.60 Å². The van der Waals surface area contributed by atoms with Crippen molar-refractivity contribution in [3.05, 3.63) is 144 Å². The molecule has 3 heteroatoms. The highest BCUT2D eigenvalue weighted by Gasteiger charge is 2.38. The van der Waals surface area contributed by atoms with Gasteiger partial charge in [-0.1, -0.05) is 121 Å². The first-order valence-corrected chi connectivity index (χ1v) is 12.4. The van der Waals surface area contributed by atoms with Gasteiger partial charge in [0, 0.05) is 6.42 Å². The first kappa shape index (κ1) is 23.5. The summed E-state index contributed by atoms with van der Waals surface area (Å²) in [5.74, 6) is 0. The fourth-order valence-corrected chi connectivity index (χ4v) is 4.67. The highest BCUT2D eigenvalue weighted by Crippen LogP contribution is 2.40. The van der Waals surface area contributed by atoms with Gasteiger partial charge < -0.3 is 14.2 Å². The summed E-state index contributed by atoms with van der Waals surface area (Å²) < 4.78 is 18.8. The van der Waals surface area contributed by atoms with Crippen LogP contribution in [0.1, 0.15) is 35.1 Å². The van der Waals surface area contributed by atoms with Crippen molar-refractivity contribution < 1.29 is 14.2 Å². The van der Waals surface area contributed by atoms with Crippen LogP contribution in [0.4, 0.5) is 0 Å². The fraction of sp³-hybridized carbons (Fsp3) is 0.250. The lowest BCUT2D eigenvalue weighted by Crippen LogP contribution is -2.34. The Morgan fingerprint density at radius 3 is 1.60 bits per heavy atom. The zero-order valence-electron chi connectivity index (χ0n) is 20.0. The summed E-state index contributed by atoms with van der Waals surface area (Å²) in [5, 5.41) is 0. The number of epoxide rings is 1. The van der Waals surface area contributed by atoms with Gasteiger partial charge in [-0.3, -0.25) is 0 Å². The van der Waals surface area contributed by atoms with Crippen LogP contribution in [0.15, 0.2) is 121 Å². The van der Waals surface area contributed by atoms with Crippen LogP contribution in [0.3, 0.4) is 0 Å². The van der Waals surface area contributed by atoms with Crippen LogP contribution >= 0.6 is 0 Å². The molecule has 0 N–H and O–H groups in total. The lowest BCUT2D eigenvalue weighted by Gasteiger charge is -2.36. The Morgan fingerprint density at radius 1 is 0.686 bits per heavy atom. The third-order valence-electron chi connectivity index (χ3n) is 6.56. The lowest BCUT2D eigenvalue weighted by molar-refractivity contribution is -0.0314. The number of ether oxygens (including phenoxy) is 3. The van der Waals surface area contributed by atoms with E-state index in [1.165, 1.54) is 5.56 Å². The number of hydrogen-bond acceptors (Lipinski definition) is 3.